The third-order valence-electron chi connectivity index (χ3n) is 3.06. The number of hydrogen-bond donors (Lipinski definition) is 1. The SMILES string of the molecule is COc1ccc2nc(SCc3cccc(F)c3F)[nH]c2c1. The Hall–Kier alpha value is -2.08. The molecule has 0 radical (unpaired) electrons. The van der Waals surface area contributed by atoms with Crippen molar-refractivity contribution in [2.45, 2.75) is 10.9 Å². The van der Waals surface area contributed by atoms with Crippen LogP contribution in [0.2, 0.25) is 0 Å². The van der Waals surface area contributed by atoms with Crippen LogP contribution in [0.5, 0.6) is 5.75 Å². The summed E-state index contributed by atoms with van der Waals surface area (Å²) in [6, 6.07) is 9.68. The molecule has 3 aromatic rings. The van der Waals surface area contributed by atoms with Crippen molar-refractivity contribution in [2.24, 2.45) is 0 Å². The van der Waals surface area contributed by atoms with Crippen molar-refractivity contribution in [1.82, 2.24) is 9.97 Å². The minimum absolute atomic E-state index is 0.306. The first-order valence-electron chi connectivity index (χ1n) is 6.27. The Bertz CT molecular complexity index is 788. The predicted octanol–water partition coefficient (Wildman–Crippen LogP) is 4.14. The lowest BCUT2D eigenvalue weighted by atomic mass is 10.2. The first-order chi connectivity index (χ1) is 10.2. The van der Waals surface area contributed by atoms with E-state index in [1.807, 2.05) is 18.2 Å². The second-order valence-electron chi connectivity index (χ2n) is 4.43. The molecule has 0 bridgehead atoms. The van der Waals surface area contributed by atoms with Crippen LogP contribution in [0.4, 0.5) is 8.78 Å². The number of aromatic nitrogens is 2. The Morgan fingerprint density at radius 1 is 1.24 bits per heavy atom. The molecule has 0 atom stereocenters. The summed E-state index contributed by atoms with van der Waals surface area (Å²) in [6.45, 7) is 0. The number of hydrogen-bond acceptors (Lipinski definition) is 3. The monoisotopic (exact) mass is 306 g/mol. The van der Waals surface area contributed by atoms with Crippen molar-refractivity contribution in [3.8, 4) is 5.75 Å². The van der Waals surface area contributed by atoms with Gasteiger partial charge in [0.05, 0.1) is 18.1 Å². The molecule has 1 heterocycles. The van der Waals surface area contributed by atoms with Crippen LogP contribution < -0.4 is 4.74 Å². The highest BCUT2D eigenvalue weighted by Gasteiger charge is 2.10. The van der Waals surface area contributed by atoms with Gasteiger partial charge in [-0.05, 0) is 18.2 Å². The number of fused-ring (bicyclic) bond motifs is 1. The Morgan fingerprint density at radius 3 is 2.90 bits per heavy atom. The summed E-state index contributed by atoms with van der Waals surface area (Å²) in [6.07, 6.45) is 0. The number of ether oxygens (including phenoxy) is 1. The number of rotatable bonds is 4. The van der Waals surface area contributed by atoms with Crippen LogP contribution in [0, 0.1) is 11.6 Å². The molecule has 21 heavy (non-hydrogen) atoms. The lowest BCUT2D eigenvalue weighted by molar-refractivity contribution is 0.415. The van der Waals surface area contributed by atoms with E-state index in [2.05, 4.69) is 9.97 Å². The second kappa shape index (κ2) is 5.73. The van der Waals surface area contributed by atoms with Gasteiger partial charge >= 0.3 is 0 Å². The molecule has 0 aliphatic rings. The van der Waals surface area contributed by atoms with Crippen LogP contribution in [0.3, 0.4) is 0 Å². The van der Waals surface area contributed by atoms with Crippen LogP contribution in [0.15, 0.2) is 41.6 Å². The zero-order valence-corrected chi connectivity index (χ0v) is 12.0. The molecule has 108 valence electrons. The van der Waals surface area contributed by atoms with E-state index < -0.39 is 11.6 Å². The van der Waals surface area contributed by atoms with Gasteiger partial charge in [0.15, 0.2) is 16.8 Å². The molecule has 2 aromatic carbocycles. The number of benzene rings is 2. The van der Waals surface area contributed by atoms with E-state index in [1.54, 1.807) is 13.2 Å². The molecular weight excluding hydrogens is 294 g/mol. The second-order valence-corrected chi connectivity index (χ2v) is 5.39. The molecule has 0 fully saturated rings. The molecule has 3 nitrogen and oxygen atoms in total. The fourth-order valence-electron chi connectivity index (χ4n) is 1.97. The number of nitrogens with one attached hydrogen (secondary N) is 1. The third kappa shape index (κ3) is 2.85. The summed E-state index contributed by atoms with van der Waals surface area (Å²) in [5.74, 6) is -0.593. The van der Waals surface area contributed by atoms with Crippen LogP contribution in [-0.4, -0.2) is 17.1 Å². The average molecular weight is 306 g/mol. The molecule has 0 saturated carbocycles. The maximum absolute atomic E-state index is 13.6. The standard InChI is InChI=1S/C15H12F2N2OS/c1-20-10-5-6-12-13(7-10)19-15(18-12)21-8-9-3-2-4-11(16)14(9)17/h2-7H,8H2,1H3,(H,18,19). The fraction of sp³-hybridized carbons (Fsp3) is 0.133. The quantitative estimate of drug-likeness (QED) is 0.736. The molecule has 0 aliphatic carbocycles. The number of H-pyrrole nitrogens is 1. The lowest BCUT2D eigenvalue weighted by Gasteiger charge is -2.01. The molecule has 0 amide bonds. The number of nitrogens with zero attached hydrogens (tertiary/aromatic N) is 1. The topological polar surface area (TPSA) is 37.9 Å². The van der Waals surface area contributed by atoms with E-state index in [1.165, 1.54) is 17.8 Å². The van der Waals surface area contributed by atoms with E-state index in [-0.39, 0.29) is 0 Å². The fourth-order valence-corrected chi connectivity index (χ4v) is 2.83. The molecule has 1 N–H and O–H groups in total. The number of halogens is 2. The van der Waals surface area contributed by atoms with Gasteiger partial charge in [0, 0.05) is 17.4 Å². The van der Waals surface area contributed by atoms with Gasteiger partial charge in [-0.1, -0.05) is 23.9 Å². The maximum Gasteiger partial charge on any atom is 0.166 e. The van der Waals surface area contributed by atoms with Gasteiger partial charge in [0.25, 0.3) is 0 Å². The van der Waals surface area contributed by atoms with Crippen LogP contribution >= 0.6 is 11.8 Å². The van der Waals surface area contributed by atoms with Gasteiger partial charge in [-0.2, -0.15) is 0 Å². The third-order valence-corrected chi connectivity index (χ3v) is 3.99. The van der Waals surface area contributed by atoms with Crippen molar-refractivity contribution in [2.75, 3.05) is 7.11 Å². The minimum atomic E-state index is -0.831. The van der Waals surface area contributed by atoms with Crippen LogP contribution in [-0.2, 0) is 5.75 Å². The smallest absolute Gasteiger partial charge is 0.166 e. The van der Waals surface area contributed by atoms with Crippen molar-refractivity contribution < 1.29 is 13.5 Å². The van der Waals surface area contributed by atoms with Crippen molar-refractivity contribution in [1.29, 1.82) is 0 Å². The minimum Gasteiger partial charge on any atom is -0.497 e. The molecule has 0 aliphatic heterocycles. The Kier molecular flexibility index (Phi) is 3.79. The zero-order chi connectivity index (χ0) is 14.8. The van der Waals surface area contributed by atoms with E-state index in [0.29, 0.717) is 16.5 Å². The van der Waals surface area contributed by atoms with Gasteiger partial charge in [-0.15, -0.1) is 0 Å². The number of methoxy groups -OCH3 is 1. The largest absolute Gasteiger partial charge is 0.497 e. The average Bonchev–Trinajstić information content (AvgIpc) is 2.90. The Morgan fingerprint density at radius 2 is 2.10 bits per heavy atom. The highest BCUT2D eigenvalue weighted by atomic mass is 32.2. The molecular formula is C15H12F2N2OS. The van der Waals surface area contributed by atoms with Gasteiger partial charge in [-0.3, -0.25) is 0 Å². The van der Waals surface area contributed by atoms with E-state index in [9.17, 15) is 8.78 Å². The first kappa shape index (κ1) is 13.9. The van der Waals surface area contributed by atoms with Crippen molar-refractivity contribution in [3.05, 3.63) is 53.6 Å². The van der Waals surface area contributed by atoms with Crippen LogP contribution in [0.25, 0.3) is 11.0 Å². The van der Waals surface area contributed by atoms with E-state index >= 15 is 0 Å². The number of imidazole rings is 1. The van der Waals surface area contributed by atoms with Gasteiger partial charge in [-0.25, -0.2) is 13.8 Å². The predicted molar refractivity (Wildman–Crippen MR) is 78.6 cm³/mol. The molecule has 3 rings (SSSR count). The lowest BCUT2D eigenvalue weighted by Crippen LogP contribution is -1.91. The number of aromatic amines is 1. The molecule has 0 spiro atoms. The molecule has 0 saturated heterocycles. The van der Waals surface area contributed by atoms with Crippen molar-refractivity contribution >= 4 is 22.8 Å². The highest BCUT2D eigenvalue weighted by molar-refractivity contribution is 7.98. The maximum atomic E-state index is 13.6. The Balaban J connectivity index is 1.80. The summed E-state index contributed by atoms with van der Waals surface area (Å²) >= 11 is 1.32. The summed E-state index contributed by atoms with van der Waals surface area (Å²) in [5, 5.41) is 0.655. The molecule has 6 heteroatoms. The van der Waals surface area contributed by atoms with Gasteiger partial charge in [0.1, 0.15) is 5.75 Å². The van der Waals surface area contributed by atoms with Crippen LogP contribution in [0.1, 0.15) is 5.56 Å². The normalized spacial score (nSPS) is 11.0. The summed E-state index contributed by atoms with van der Waals surface area (Å²) in [7, 11) is 1.60. The first-order valence-corrected chi connectivity index (χ1v) is 7.25. The highest BCUT2D eigenvalue weighted by Crippen LogP contribution is 2.26. The molecule has 0 unspecified atom stereocenters. The van der Waals surface area contributed by atoms with E-state index in [0.717, 1.165) is 22.8 Å². The van der Waals surface area contributed by atoms with Gasteiger partial charge in [0.2, 0.25) is 0 Å². The summed E-state index contributed by atoms with van der Waals surface area (Å²) in [5.41, 5.74) is 1.97. The molecule has 1 aromatic heterocycles. The zero-order valence-electron chi connectivity index (χ0n) is 11.2. The summed E-state index contributed by atoms with van der Waals surface area (Å²) in [4.78, 5) is 7.52. The summed E-state index contributed by atoms with van der Waals surface area (Å²) < 4.78 is 31.9. The van der Waals surface area contributed by atoms with Crippen molar-refractivity contribution in [3.63, 3.8) is 0 Å². The Labute approximate surface area is 124 Å². The van der Waals surface area contributed by atoms with E-state index in [4.69, 9.17) is 4.74 Å². The number of thioether (sulfide) groups is 1. The van der Waals surface area contributed by atoms with Gasteiger partial charge < -0.3 is 9.72 Å².